The lowest BCUT2D eigenvalue weighted by Gasteiger charge is -2.30. The highest BCUT2D eigenvalue weighted by Crippen LogP contribution is 2.19. The van der Waals surface area contributed by atoms with E-state index in [1.807, 2.05) is 0 Å². The molecular weight excluding hydrogens is 323 g/mol. The van der Waals surface area contributed by atoms with Crippen molar-refractivity contribution in [3.63, 3.8) is 0 Å². The Morgan fingerprint density at radius 1 is 1.24 bits per heavy atom. The molecule has 0 spiro atoms. The average Bonchev–Trinajstić information content (AvgIpc) is 2.62. The molecule has 5 nitrogen and oxygen atoms in total. The highest BCUT2D eigenvalue weighted by Gasteiger charge is 2.21. The predicted molar refractivity (Wildman–Crippen MR) is 93.0 cm³/mol. The normalized spacial score (nSPS) is 17.2. The number of nitrogens with one attached hydrogen (secondary N) is 1. The van der Waals surface area contributed by atoms with Crippen molar-refractivity contribution in [1.29, 1.82) is 0 Å². The van der Waals surface area contributed by atoms with Crippen LogP contribution in [0, 0.1) is 5.82 Å². The van der Waals surface area contributed by atoms with E-state index in [2.05, 4.69) is 5.32 Å². The van der Waals surface area contributed by atoms with Crippen LogP contribution in [0.5, 0.6) is 5.75 Å². The first-order valence-corrected chi connectivity index (χ1v) is 8.32. The summed E-state index contributed by atoms with van der Waals surface area (Å²) in [6.45, 7) is 1.15. The van der Waals surface area contributed by atoms with Crippen molar-refractivity contribution in [2.75, 3.05) is 18.4 Å². The largest absolute Gasteiger partial charge is 0.489 e. The van der Waals surface area contributed by atoms with Crippen LogP contribution in [0.25, 0.3) is 0 Å². The van der Waals surface area contributed by atoms with E-state index in [1.54, 1.807) is 47.4 Å². The molecule has 0 bridgehead atoms. The molecule has 1 aliphatic heterocycles. The van der Waals surface area contributed by atoms with Gasteiger partial charge in [-0.05, 0) is 43.2 Å². The number of hydrogen-bond acceptors (Lipinski definition) is 3. The van der Waals surface area contributed by atoms with Gasteiger partial charge in [0.15, 0.2) is 0 Å². The van der Waals surface area contributed by atoms with E-state index in [0.29, 0.717) is 30.1 Å². The first kappa shape index (κ1) is 17.2. The number of carbonyl (C=O) groups excluding carboxylic acids is 1. The van der Waals surface area contributed by atoms with Gasteiger partial charge in [-0.15, -0.1) is 0 Å². The molecule has 1 fully saturated rings. The second kappa shape index (κ2) is 7.98. The van der Waals surface area contributed by atoms with Gasteiger partial charge in [-0.1, -0.05) is 18.2 Å². The molecule has 0 aliphatic carbocycles. The number of anilines is 1. The van der Waals surface area contributed by atoms with E-state index >= 15 is 0 Å². The van der Waals surface area contributed by atoms with Gasteiger partial charge in [0, 0.05) is 24.3 Å². The van der Waals surface area contributed by atoms with Gasteiger partial charge >= 0.3 is 6.03 Å². The smallest absolute Gasteiger partial charge is 0.321 e. The van der Waals surface area contributed by atoms with Crippen LogP contribution >= 0.6 is 0 Å². The Balaban J connectivity index is 1.53. The lowest BCUT2D eigenvalue weighted by atomic mass is 10.1. The van der Waals surface area contributed by atoms with Crippen molar-refractivity contribution >= 4 is 11.7 Å². The number of carbonyl (C=O) groups is 1. The highest BCUT2D eigenvalue weighted by atomic mass is 19.1. The minimum atomic E-state index is -0.450. The summed E-state index contributed by atoms with van der Waals surface area (Å²) in [5.41, 5.74) is 1.13. The number of aliphatic hydroxyl groups is 1. The molecule has 1 atom stereocenters. The zero-order valence-corrected chi connectivity index (χ0v) is 13.8. The molecule has 1 saturated heterocycles. The molecule has 2 amide bonds. The molecular formula is C19H21FN2O3. The second-order valence-corrected chi connectivity index (χ2v) is 6.08. The number of nitrogens with zero attached hydrogens (tertiary/aromatic N) is 1. The van der Waals surface area contributed by atoms with Crippen LogP contribution in [0.2, 0.25) is 0 Å². The fourth-order valence-corrected chi connectivity index (χ4v) is 2.75. The van der Waals surface area contributed by atoms with E-state index in [4.69, 9.17) is 4.74 Å². The van der Waals surface area contributed by atoms with Gasteiger partial charge in [0.2, 0.25) is 0 Å². The maximum absolute atomic E-state index is 13.6. The fourth-order valence-electron chi connectivity index (χ4n) is 2.75. The molecule has 2 aromatic carbocycles. The Morgan fingerprint density at radius 3 is 2.72 bits per heavy atom. The Labute approximate surface area is 146 Å². The quantitative estimate of drug-likeness (QED) is 0.894. The van der Waals surface area contributed by atoms with Crippen molar-refractivity contribution in [2.45, 2.75) is 25.6 Å². The van der Waals surface area contributed by atoms with Crippen LogP contribution in [0.4, 0.5) is 14.9 Å². The molecule has 2 aromatic rings. The first-order chi connectivity index (χ1) is 12.1. The first-order valence-electron chi connectivity index (χ1n) is 8.32. The van der Waals surface area contributed by atoms with Crippen molar-refractivity contribution < 1.29 is 19.0 Å². The van der Waals surface area contributed by atoms with Crippen LogP contribution in [-0.4, -0.2) is 35.2 Å². The van der Waals surface area contributed by atoms with E-state index in [0.717, 1.165) is 12.8 Å². The molecule has 0 saturated carbocycles. The fraction of sp³-hybridized carbons (Fsp3) is 0.316. The van der Waals surface area contributed by atoms with E-state index in [-0.39, 0.29) is 18.5 Å². The molecule has 1 heterocycles. The van der Waals surface area contributed by atoms with Gasteiger partial charge in [-0.25, -0.2) is 9.18 Å². The van der Waals surface area contributed by atoms with Gasteiger partial charge in [0.1, 0.15) is 18.2 Å². The number of likely N-dealkylation sites (tertiary alicyclic amines) is 1. The number of hydrogen-bond donors (Lipinski definition) is 2. The monoisotopic (exact) mass is 344 g/mol. The van der Waals surface area contributed by atoms with Gasteiger partial charge in [0.25, 0.3) is 0 Å². The predicted octanol–water partition coefficient (Wildman–Crippen LogP) is 3.39. The molecule has 25 heavy (non-hydrogen) atoms. The van der Waals surface area contributed by atoms with Gasteiger partial charge in [0.05, 0.1) is 6.10 Å². The van der Waals surface area contributed by atoms with Crippen LogP contribution < -0.4 is 10.1 Å². The lowest BCUT2D eigenvalue weighted by molar-refractivity contribution is 0.0883. The molecule has 0 unspecified atom stereocenters. The number of halogens is 1. The third kappa shape index (κ3) is 4.70. The third-order valence-electron chi connectivity index (χ3n) is 4.14. The van der Waals surface area contributed by atoms with Crippen LogP contribution in [-0.2, 0) is 6.61 Å². The van der Waals surface area contributed by atoms with Crippen molar-refractivity contribution in [2.24, 2.45) is 0 Å². The number of aliphatic hydroxyl groups excluding tert-OH is 1. The van der Waals surface area contributed by atoms with Crippen LogP contribution in [0.3, 0.4) is 0 Å². The maximum Gasteiger partial charge on any atom is 0.321 e. The SMILES string of the molecule is O=C(Nc1ccc(OCc2ccccc2F)cc1)N1CCC[C@@H](O)C1. The number of β-amino-alcohol motifs (C(OH)–C–C–N with tert-alkyl or cyclic N) is 1. The number of ether oxygens (including phenoxy) is 1. The van der Waals surface area contributed by atoms with E-state index < -0.39 is 6.10 Å². The summed E-state index contributed by atoms with van der Waals surface area (Å²) in [5.74, 6) is 0.296. The van der Waals surface area contributed by atoms with Crippen LogP contribution in [0.15, 0.2) is 48.5 Å². The molecule has 3 rings (SSSR count). The third-order valence-corrected chi connectivity index (χ3v) is 4.14. The zero-order valence-electron chi connectivity index (χ0n) is 13.8. The Hall–Kier alpha value is -2.60. The summed E-state index contributed by atoms with van der Waals surface area (Å²) in [6, 6.07) is 13.2. The number of benzene rings is 2. The summed E-state index contributed by atoms with van der Waals surface area (Å²) in [7, 11) is 0. The second-order valence-electron chi connectivity index (χ2n) is 6.08. The summed E-state index contributed by atoms with van der Waals surface area (Å²) in [4.78, 5) is 13.8. The Bertz CT molecular complexity index is 721. The Morgan fingerprint density at radius 2 is 2.00 bits per heavy atom. The molecule has 0 radical (unpaired) electrons. The number of amides is 2. The number of rotatable bonds is 4. The maximum atomic E-state index is 13.6. The van der Waals surface area contributed by atoms with Crippen molar-refractivity contribution in [3.8, 4) is 5.75 Å². The summed E-state index contributed by atoms with van der Waals surface area (Å²) < 4.78 is 19.1. The summed E-state index contributed by atoms with van der Waals surface area (Å²) in [6.07, 6.45) is 1.09. The summed E-state index contributed by atoms with van der Waals surface area (Å²) >= 11 is 0. The Kier molecular flexibility index (Phi) is 5.50. The minimum absolute atomic E-state index is 0.143. The molecule has 1 aliphatic rings. The zero-order chi connectivity index (χ0) is 17.6. The van der Waals surface area contributed by atoms with Gasteiger partial charge in [-0.2, -0.15) is 0 Å². The molecule has 6 heteroatoms. The topological polar surface area (TPSA) is 61.8 Å². The van der Waals surface area contributed by atoms with E-state index in [1.165, 1.54) is 6.07 Å². The molecule has 2 N–H and O–H groups in total. The number of piperidine rings is 1. The standard InChI is InChI=1S/C19H21FN2O3/c20-18-6-2-1-4-14(18)13-25-17-9-7-15(8-10-17)21-19(24)22-11-3-5-16(23)12-22/h1-2,4,6-10,16,23H,3,5,11-13H2,(H,21,24)/t16-/m1/s1. The molecule has 0 aromatic heterocycles. The van der Waals surface area contributed by atoms with Gasteiger partial charge in [-0.3, -0.25) is 0 Å². The minimum Gasteiger partial charge on any atom is -0.489 e. The lowest BCUT2D eigenvalue weighted by Crippen LogP contribution is -2.44. The summed E-state index contributed by atoms with van der Waals surface area (Å²) in [5, 5.41) is 12.4. The van der Waals surface area contributed by atoms with Gasteiger partial charge < -0.3 is 20.1 Å². The van der Waals surface area contributed by atoms with Crippen molar-refractivity contribution in [1.82, 2.24) is 4.90 Å². The van der Waals surface area contributed by atoms with Crippen molar-refractivity contribution in [3.05, 3.63) is 59.9 Å². The van der Waals surface area contributed by atoms with Crippen LogP contribution in [0.1, 0.15) is 18.4 Å². The molecule has 132 valence electrons. The van der Waals surface area contributed by atoms with E-state index in [9.17, 15) is 14.3 Å². The average molecular weight is 344 g/mol. The number of urea groups is 1. The highest BCUT2D eigenvalue weighted by molar-refractivity contribution is 5.89.